The van der Waals surface area contributed by atoms with Crippen molar-refractivity contribution in [3.8, 4) is 0 Å². The normalized spacial score (nSPS) is 41.1. The first-order chi connectivity index (χ1) is 16.0. The van der Waals surface area contributed by atoms with E-state index in [1.54, 1.807) is 0 Å². The van der Waals surface area contributed by atoms with Gasteiger partial charge in [-0.3, -0.25) is 4.79 Å². The molecule has 0 aliphatic heterocycles. The zero-order valence-corrected chi connectivity index (χ0v) is 21.9. The van der Waals surface area contributed by atoms with Crippen molar-refractivity contribution in [2.75, 3.05) is 7.11 Å². The van der Waals surface area contributed by atoms with Crippen molar-refractivity contribution < 1.29 is 28.5 Å². The molecule has 10 atom stereocenters. The van der Waals surface area contributed by atoms with Gasteiger partial charge in [-0.1, -0.05) is 53.4 Å². The molecule has 0 aromatic heterocycles. The number of aliphatic hydroxyl groups excluding tert-OH is 2. The van der Waals surface area contributed by atoms with Gasteiger partial charge < -0.3 is 14.9 Å². The molecule has 0 aromatic rings. The van der Waals surface area contributed by atoms with E-state index in [1.165, 1.54) is 7.11 Å². The Bertz CT molecular complexity index is 685. The van der Waals surface area contributed by atoms with Gasteiger partial charge in [-0.25, -0.2) is 8.78 Å². The third-order valence-corrected chi connectivity index (χ3v) is 10.5. The first-order valence-corrected chi connectivity index (χ1v) is 13.8. The Morgan fingerprint density at radius 3 is 2.47 bits per heavy atom. The predicted molar refractivity (Wildman–Crippen MR) is 129 cm³/mol. The smallest absolute Gasteiger partial charge is 0.305 e. The second-order valence-corrected chi connectivity index (χ2v) is 12.0. The Morgan fingerprint density at radius 2 is 1.85 bits per heavy atom. The van der Waals surface area contributed by atoms with Gasteiger partial charge in [0.05, 0.1) is 13.2 Å². The second kappa shape index (κ2) is 11.1. The zero-order chi connectivity index (χ0) is 25.3. The number of halogens is 2. The molecule has 0 radical (unpaired) electrons. The van der Waals surface area contributed by atoms with E-state index < -0.39 is 35.4 Å². The number of carbonyl (C=O) groups is 1. The minimum atomic E-state index is -3.14. The largest absolute Gasteiger partial charge is 0.469 e. The monoisotopic (exact) mass is 486 g/mol. The van der Waals surface area contributed by atoms with E-state index in [1.807, 2.05) is 13.8 Å². The molecular formula is C28H48F2O4. The van der Waals surface area contributed by atoms with E-state index in [0.29, 0.717) is 37.0 Å². The van der Waals surface area contributed by atoms with E-state index >= 15 is 8.78 Å². The van der Waals surface area contributed by atoms with Gasteiger partial charge >= 0.3 is 5.97 Å². The van der Waals surface area contributed by atoms with Crippen LogP contribution in [0, 0.1) is 46.8 Å². The van der Waals surface area contributed by atoms with Gasteiger partial charge in [0.2, 0.25) is 0 Å². The highest BCUT2D eigenvalue weighted by atomic mass is 19.3. The third kappa shape index (κ3) is 5.05. The first-order valence-electron chi connectivity index (χ1n) is 13.8. The van der Waals surface area contributed by atoms with Crippen LogP contribution in [0.1, 0.15) is 98.3 Å². The van der Waals surface area contributed by atoms with Crippen LogP contribution in [0.2, 0.25) is 0 Å². The second-order valence-electron chi connectivity index (χ2n) is 12.0. The van der Waals surface area contributed by atoms with Crippen LogP contribution in [0.4, 0.5) is 8.78 Å². The van der Waals surface area contributed by atoms with Crippen LogP contribution in [-0.4, -0.2) is 41.4 Å². The Balaban J connectivity index is 1.77. The Kier molecular flexibility index (Phi) is 9.09. The average molecular weight is 487 g/mol. The van der Waals surface area contributed by atoms with E-state index in [4.69, 9.17) is 4.74 Å². The summed E-state index contributed by atoms with van der Waals surface area (Å²) in [5, 5.41) is 21.7. The molecule has 0 amide bonds. The number of rotatable bonds is 9. The predicted octanol–water partition coefficient (Wildman–Crippen LogP) is 6.23. The van der Waals surface area contributed by atoms with Crippen molar-refractivity contribution >= 4 is 5.97 Å². The van der Waals surface area contributed by atoms with Gasteiger partial charge in [0.1, 0.15) is 6.10 Å². The lowest BCUT2D eigenvalue weighted by atomic mass is 9.43. The average Bonchev–Trinajstić information content (AvgIpc) is 2.82. The summed E-state index contributed by atoms with van der Waals surface area (Å²) < 4.78 is 35.6. The number of methoxy groups -OCH3 is 1. The van der Waals surface area contributed by atoms with Gasteiger partial charge in [-0.2, -0.15) is 0 Å². The lowest BCUT2D eigenvalue weighted by molar-refractivity contribution is -0.280. The first kappa shape index (κ1) is 27.8. The van der Waals surface area contributed by atoms with E-state index in [9.17, 15) is 15.0 Å². The molecule has 0 spiro atoms. The Hall–Kier alpha value is -0.750. The van der Waals surface area contributed by atoms with Crippen LogP contribution in [0.25, 0.3) is 0 Å². The van der Waals surface area contributed by atoms with Crippen molar-refractivity contribution in [2.45, 2.75) is 116 Å². The van der Waals surface area contributed by atoms with Crippen LogP contribution in [0.3, 0.4) is 0 Å². The minimum Gasteiger partial charge on any atom is -0.469 e. The van der Waals surface area contributed by atoms with Crippen molar-refractivity contribution in [2.24, 2.45) is 46.8 Å². The molecule has 0 bridgehead atoms. The quantitative estimate of drug-likeness (QED) is 0.379. The molecule has 3 fully saturated rings. The van der Waals surface area contributed by atoms with Gasteiger partial charge in [0.25, 0.3) is 5.92 Å². The highest BCUT2D eigenvalue weighted by Crippen LogP contribution is 2.66. The SMILES string of the molecule is CCC(CCC1CCCC2C1[C@H](O)[C@H](CC)[C@@H]1C(F)(F)[C@H](O)CC[C@]21C)[C@H](C)CCC(=O)OC. The molecule has 3 saturated carbocycles. The molecule has 2 N–H and O–H groups in total. The van der Waals surface area contributed by atoms with Gasteiger partial charge in [-0.15, -0.1) is 0 Å². The lowest BCUT2D eigenvalue weighted by Gasteiger charge is -2.63. The van der Waals surface area contributed by atoms with E-state index in [-0.39, 0.29) is 24.2 Å². The summed E-state index contributed by atoms with van der Waals surface area (Å²) in [4.78, 5) is 11.6. The van der Waals surface area contributed by atoms with Crippen LogP contribution in [0.15, 0.2) is 0 Å². The Labute approximate surface area is 205 Å². The number of alkyl halides is 2. The molecule has 3 aliphatic rings. The van der Waals surface area contributed by atoms with E-state index in [2.05, 4.69) is 13.8 Å². The molecule has 198 valence electrons. The number of hydrogen-bond acceptors (Lipinski definition) is 4. The molecule has 0 saturated heterocycles. The molecule has 6 heteroatoms. The summed E-state index contributed by atoms with van der Waals surface area (Å²) in [6, 6.07) is 0. The number of ether oxygens (including phenoxy) is 1. The summed E-state index contributed by atoms with van der Waals surface area (Å²) in [5.41, 5.74) is -0.538. The zero-order valence-electron chi connectivity index (χ0n) is 21.9. The number of aliphatic hydroxyl groups is 2. The Morgan fingerprint density at radius 1 is 1.15 bits per heavy atom. The summed E-state index contributed by atoms with van der Waals surface area (Å²) in [6.45, 7) is 8.37. The maximum absolute atomic E-state index is 15.4. The fourth-order valence-electron chi connectivity index (χ4n) is 8.53. The topological polar surface area (TPSA) is 66.8 Å². The maximum Gasteiger partial charge on any atom is 0.305 e. The number of carbonyl (C=O) groups excluding carboxylic acids is 1. The van der Waals surface area contributed by atoms with Crippen LogP contribution >= 0.6 is 0 Å². The number of hydrogen-bond donors (Lipinski definition) is 2. The number of esters is 1. The fourth-order valence-corrected chi connectivity index (χ4v) is 8.53. The maximum atomic E-state index is 15.4. The summed E-state index contributed by atoms with van der Waals surface area (Å²) in [7, 11) is 1.43. The fraction of sp³-hybridized carbons (Fsp3) is 0.964. The molecule has 0 aromatic carbocycles. The van der Waals surface area contributed by atoms with Crippen LogP contribution < -0.4 is 0 Å². The summed E-state index contributed by atoms with van der Waals surface area (Å²) in [6.07, 6.45) is 6.31. The summed E-state index contributed by atoms with van der Waals surface area (Å²) >= 11 is 0. The molecule has 3 aliphatic carbocycles. The summed E-state index contributed by atoms with van der Waals surface area (Å²) in [5.74, 6) is -3.31. The number of fused-ring (bicyclic) bond motifs is 3. The lowest BCUT2D eigenvalue weighted by Crippen LogP contribution is -2.66. The van der Waals surface area contributed by atoms with Crippen molar-refractivity contribution in [1.82, 2.24) is 0 Å². The van der Waals surface area contributed by atoms with Crippen molar-refractivity contribution in [3.63, 3.8) is 0 Å². The van der Waals surface area contributed by atoms with Crippen LogP contribution in [0.5, 0.6) is 0 Å². The van der Waals surface area contributed by atoms with Crippen LogP contribution in [-0.2, 0) is 9.53 Å². The van der Waals surface area contributed by atoms with Gasteiger partial charge in [-0.05, 0) is 79.4 Å². The van der Waals surface area contributed by atoms with Gasteiger partial charge in [0.15, 0.2) is 0 Å². The van der Waals surface area contributed by atoms with Crippen molar-refractivity contribution in [3.05, 3.63) is 0 Å². The molecule has 4 unspecified atom stereocenters. The highest BCUT2D eigenvalue weighted by Gasteiger charge is 2.68. The molecular weight excluding hydrogens is 438 g/mol. The molecule has 4 nitrogen and oxygen atoms in total. The highest BCUT2D eigenvalue weighted by molar-refractivity contribution is 5.69. The third-order valence-electron chi connectivity index (χ3n) is 10.5. The van der Waals surface area contributed by atoms with Crippen molar-refractivity contribution in [1.29, 1.82) is 0 Å². The van der Waals surface area contributed by atoms with Gasteiger partial charge in [0, 0.05) is 12.3 Å². The minimum absolute atomic E-state index is 0.0638. The molecule has 34 heavy (non-hydrogen) atoms. The standard InChI is InChI=1S/C28H48F2O4/c1-6-18(17(3)11-14-23(32)34-5)12-13-19-9-8-10-21-24(19)25(33)20(7-2)26-27(21,4)16-15-22(31)28(26,29)30/h17-22,24-26,31,33H,6-16H2,1-5H3/t17-,18?,19?,20+,21?,22-,24?,25-,26+,27-/m1/s1. The van der Waals surface area contributed by atoms with E-state index in [0.717, 1.165) is 44.9 Å². The molecule has 3 rings (SSSR count). The molecule has 0 heterocycles.